The van der Waals surface area contributed by atoms with Crippen LogP contribution in [0.5, 0.6) is 0 Å². The van der Waals surface area contributed by atoms with E-state index in [-0.39, 0.29) is 18.1 Å². The fourth-order valence-electron chi connectivity index (χ4n) is 3.33. The molecular weight excluding hydrogens is 284 g/mol. The average molecular weight is 306 g/mol. The monoisotopic (exact) mass is 306 g/mol. The highest BCUT2D eigenvalue weighted by Crippen LogP contribution is 2.38. The molecule has 0 aromatic carbocycles. The number of aromatic nitrogens is 2. The largest absolute Gasteiger partial charge is 0.464 e. The Morgan fingerprint density at radius 1 is 1.18 bits per heavy atom. The Morgan fingerprint density at radius 3 is 2.59 bits per heavy atom. The summed E-state index contributed by atoms with van der Waals surface area (Å²) in [4.78, 5) is 20.8. The number of esters is 1. The molecule has 22 heavy (non-hydrogen) atoms. The summed E-state index contributed by atoms with van der Waals surface area (Å²) in [6.07, 6.45) is 3.19. The minimum atomic E-state index is -0.0625. The van der Waals surface area contributed by atoms with Crippen LogP contribution in [0.15, 0.2) is 4.52 Å². The van der Waals surface area contributed by atoms with Crippen LogP contribution in [0.25, 0.3) is 0 Å². The van der Waals surface area contributed by atoms with Crippen LogP contribution < -0.4 is 0 Å². The fourth-order valence-corrected chi connectivity index (χ4v) is 3.33. The van der Waals surface area contributed by atoms with Gasteiger partial charge < -0.3 is 9.26 Å². The van der Waals surface area contributed by atoms with Crippen LogP contribution in [0.2, 0.25) is 0 Å². The van der Waals surface area contributed by atoms with Gasteiger partial charge in [0.25, 0.3) is 0 Å². The van der Waals surface area contributed by atoms with Crippen LogP contribution in [0.4, 0.5) is 0 Å². The van der Waals surface area contributed by atoms with Crippen molar-refractivity contribution in [1.82, 2.24) is 19.9 Å². The maximum absolute atomic E-state index is 11.7. The van der Waals surface area contributed by atoms with E-state index in [2.05, 4.69) is 26.9 Å². The maximum atomic E-state index is 11.7. The van der Waals surface area contributed by atoms with Crippen molar-refractivity contribution in [2.75, 3.05) is 32.8 Å². The molecule has 0 spiro atoms. The van der Waals surface area contributed by atoms with E-state index in [0.29, 0.717) is 12.5 Å². The Hall–Kier alpha value is -1.47. The predicted molar refractivity (Wildman–Crippen MR) is 77.2 cm³/mol. The van der Waals surface area contributed by atoms with Gasteiger partial charge in [-0.2, -0.15) is 4.98 Å². The van der Waals surface area contributed by atoms with Gasteiger partial charge in [0.15, 0.2) is 5.82 Å². The molecule has 4 rings (SSSR count). The van der Waals surface area contributed by atoms with Crippen molar-refractivity contribution in [3.05, 3.63) is 11.7 Å². The minimum absolute atomic E-state index is 0.0395. The zero-order valence-corrected chi connectivity index (χ0v) is 12.9. The summed E-state index contributed by atoms with van der Waals surface area (Å²) >= 11 is 0. The van der Waals surface area contributed by atoms with Crippen molar-refractivity contribution in [1.29, 1.82) is 0 Å². The summed E-state index contributed by atoms with van der Waals surface area (Å²) in [5.41, 5.74) is 0. The van der Waals surface area contributed by atoms with Crippen LogP contribution in [0.3, 0.4) is 0 Å². The molecule has 2 aliphatic heterocycles. The van der Waals surface area contributed by atoms with Gasteiger partial charge in [0, 0.05) is 38.5 Å². The van der Waals surface area contributed by atoms with Gasteiger partial charge in [0.05, 0.1) is 12.6 Å². The zero-order valence-electron chi connectivity index (χ0n) is 12.9. The van der Waals surface area contributed by atoms with E-state index in [4.69, 9.17) is 9.26 Å². The third kappa shape index (κ3) is 2.63. The first-order valence-corrected chi connectivity index (χ1v) is 8.20. The molecule has 1 aromatic rings. The molecule has 3 heterocycles. The highest BCUT2D eigenvalue weighted by molar-refractivity contribution is 5.77. The standard InChI is InChI=1S/C15H22N4O3/c1-10(14-16-13(17-22-14)11-2-3-11)18-5-7-19(8-6-18)12-4-9-21-15(12)20/h10-12H,2-9H2,1H3/t10-,12+/m1/s1. The zero-order chi connectivity index (χ0) is 15.1. The second-order valence-corrected chi connectivity index (χ2v) is 6.48. The van der Waals surface area contributed by atoms with Crippen molar-refractivity contribution in [2.24, 2.45) is 0 Å². The number of piperazine rings is 1. The van der Waals surface area contributed by atoms with Gasteiger partial charge in [-0.1, -0.05) is 5.16 Å². The Labute approximate surface area is 129 Å². The summed E-state index contributed by atoms with van der Waals surface area (Å²) < 4.78 is 10.5. The van der Waals surface area contributed by atoms with E-state index in [1.165, 1.54) is 12.8 Å². The molecule has 1 aliphatic carbocycles. The average Bonchev–Trinajstić information content (AvgIpc) is 3.12. The first-order chi connectivity index (χ1) is 10.7. The number of rotatable bonds is 4. The van der Waals surface area contributed by atoms with E-state index in [9.17, 15) is 4.79 Å². The van der Waals surface area contributed by atoms with Gasteiger partial charge in [0.2, 0.25) is 5.89 Å². The topological polar surface area (TPSA) is 71.7 Å². The third-order valence-electron chi connectivity index (χ3n) is 5.00. The van der Waals surface area contributed by atoms with Gasteiger partial charge in [-0.15, -0.1) is 0 Å². The van der Waals surface area contributed by atoms with Crippen molar-refractivity contribution >= 4 is 5.97 Å². The third-order valence-corrected chi connectivity index (χ3v) is 5.00. The molecule has 120 valence electrons. The van der Waals surface area contributed by atoms with E-state index in [0.717, 1.165) is 44.3 Å². The Bertz CT molecular complexity index is 549. The second kappa shape index (κ2) is 5.62. The Kier molecular flexibility index (Phi) is 3.62. The predicted octanol–water partition coefficient (Wildman–Crippen LogP) is 0.941. The normalized spacial score (nSPS) is 28.8. The molecule has 3 fully saturated rings. The molecule has 3 aliphatic rings. The number of hydrogen-bond donors (Lipinski definition) is 0. The van der Waals surface area contributed by atoms with Gasteiger partial charge in [-0.3, -0.25) is 14.6 Å². The van der Waals surface area contributed by atoms with E-state index in [1.807, 2.05) is 0 Å². The number of carbonyl (C=O) groups is 1. The highest BCUT2D eigenvalue weighted by Gasteiger charge is 2.36. The van der Waals surface area contributed by atoms with Crippen molar-refractivity contribution in [2.45, 2.75) is 44.2 Å². The lowest BCUT2D eigenvalue weighted by molar-refractivity contribution is -0.143. The van der Waals surface area contributed by atoms with Crippen LogP contribution in [-0.4, -0.2) is 64.7 Å². The lowest BCUT2D eigenvalue weighted by Gasteiger charge is -2.38. The molecule has 7 heteroatoms. The Balaban J connectivity index is 1.35. The van der Waals surface area contributed by atoms with E-state index < -0.39 is 0 Å². The number of carbonyl (C=O) groups excluding carboxylic acids is 1. The van der Waals surface area contributed by atoms with Crippen molar-refractivity contribution < 1.29 is 14.1 Å². The van der Waals surface area contributed by atoms with Crippen molar-refractivity contribution in [3.8, 4) is 0 Å². The van der Waals surface area contributed by atoms with Crippen LogP contribution >= 0.6 is 0 Å². The number of nitrogens with zero attached hydrogens (tertiary/aromatic N) is 4. The summed E-state index contributed by atoms with van der Waals surface area (Å²) in [6.45, 7) is 6.26. The quantitative estimate of drug-likeness (QED) is 0.767. The minimum Gasteiger partial charge on any atom is -0.464 e. The lowest BCUT2D eigenvalue weighted by Crippen LogP contribution is -2.52. The summed E-state index contributed by atoms with van der Waals surface area (Å²) in [6, 6.07) is 0.0972. The van der Waals surface area contributed by atoms with Gasteiger partial charge in [-0.25, -0.2) is 0 Å². The Morgan fingerprint density at radius 2 is 1.95 bits per heavy atom. The lowest BCUT2D eigenvalue weighted by atomic mass is 10.1. The van der Waals surface area contributed by atoms with Gasteiger partial charge in [0.1, 0.15) is 6.04 Å². The molecular formula is C15H22N4O3. The first-order valence-electron chi connectivity index (χ1n) is 8.20. The SMILES string of the molecule is C[C@H](c1nc(C2CC2)no1)N1CCN([C@H]2CCOC2=O)CC1. The maximum Gasteiger partial charge on any atom is 0.323 e. The van der Waals surface area contributed by atoms with Gasteiger partial charge >= 0.3 is 5.97 Å². The molecule has 1 aromatic heterocycles. The number of cyclic esters (lactones) is 1. The summed E-state index contributed by atoms with van der Waals surface area (Å²) in [5.74, 6) is 2.05. The fraction of sp³-hybridized carbons (Fsp3) is 0.800. The van der Waals surface area contributed by atoms with E-state index in [1.54, 1.807) is 0 Å². The molecule has 2 atom stereocenters. The molecule has 0 amide bonds. The van der Waals surface area contributed by atoms with Crippen LogP contribution in [0.1, 0.15) is 49.9 Å². The smallest absolute Gasteiger partial charge is 0.323 e. The first kappa shape index (κ1) is 14.1. The molecule has 0 radical (unpaired) electrons. The molecule has 7 nitrogen and oxygen atoms in total. The molecule has 0 unspecified atom stereocenters. The van der Waals surface area contributed by atoms with Crippen LogP contribution in [0, 0.1) is 0 Å². The number of hydrogen-bond acceptors (Lipinski definition) is 7. The van der Waals surface area contributed by atoms with E-state index >= 15 is 0 Å². The summed E-state index contributed by atoms with van der Waals surface area (Å²) in [7, 11) is 0. The van der Waals surface area contributed by atoms with Gasteiger partial charge in [-0.05, 0) is 19.8 Å². The molecule has 0 bridgehead atoms. The molecule has 1 saturated carbocycles. The van der Waals surface area contributed by atoms with Crippen molar-refractivity contribution in [3.63, 3.8) is 0 Å². The molecule has 0 N–H and O–H groups in total. The molecule has 2 saturated heterocycles. The van der Waals surface area contributed by atoms with Crippen LogP contribution in [-0.2, 0) is 9.53 Å². The second-order valence-electron chi connectivity index (χ2n) is 6.48. The summed E-state index contributed by atoms with van der Waals surface area (Å²) in [5, 5.41) is 4.10. The highest BCUT2D eigenvalue weighted by atomic mass is 16.5. The number of ether oxygens (including phenoxy) is 1.